The summed E-state index contributed by atoms with van der Waals surface area (Å²) in [4.78, 5) is 34.2. The molecule has 2 aromatic heterocycles. The van der Waals surface area contributed by atoms with Crippen LogP contribution in [0.4, 0.5) is 0 Å². The molecule has 4 aromatic rings. The maximum atomic E-state index is 13.2. The average Bonchev–Trinajstić information content (AvgIpc) is 3.27. The number of aromatic nitrogens is 4. The molecule has 0 bridgehead atoms. The molecule has 2 aromatic carbocycles. The van der Waals surface area contributed by atoms with E-state index >= 15 is 0 Å². The maximum Gasteiger partial charge on any atom is 0.337 e. The molecule has 0 aliphatic rings. The highest BCUT2D eigenvalue weighted by molar-refractivity contribution is 7.98. The van der Waals surface area contributed by atoms with Crippen molar-refractivity contribution in [1.29, 1.82) is 0 Å². The van der Waals surface area contributed by atoms with E-state index in [2.05, 4.69) is 15.1 Å². The van der Waals surface area contributed by atoms with E-state index in [1.54, 1.807) is 34.9 Å². The van der Waals surface area contributed by atoms with Gasteiger partial charge in [0.25, 0.3) is 11.4 Å². The van der Waals surface area contributed by atoms with E-state index in [4.69, 9.17) is 20.9 Å². The van der Waals surface area contributed by atoms with Gasteiger partial charge in [0.15, 0.2) is 11.0 Å². The minimum absolute atomic E-state index is 0.169. The van der Waals surface area contributed by atoms with E-state index in [1.807, 2.05) is 26.0 Å². The van der Waals surface area contributed by atoms with E-state index in [9.17, 15) is 9.59 Å². The first-order valence-electron chi connectivity index (χ1n) is 10.2. The van der Waals surface area contributed by atoms with Crippen LogP contribution in [0.25, 0.3) is 22.4 Å². The van der Waals surface area contributed by atoms with Gasteiger partial charge in [-0.1, -0.05) is 54.5 Å². The van der Waals surface area contributed by atoms with Crippen LogP contribution in [0.1, 0.15) is 30.0 Å². The second-order valence-corrected chi connectivity index (χ2v) is 9.06. The summed E-state index contributed by atoms with van der Waals surface area (Å²) in [5.74, 6) is 0.847. The molecule has 33 heavy (non-hydrogen) atoms. The van der Waals surface area contributed by atoms with Gasteiger partial charge in [-0.2, -0.15) is 4.98 Å². The summed E-state index contributed by atoms with van der Waals surface area (Å²) >= 11 is 7.54. The molecule has 0 aliphatic carbocycles. The molecule has 0 unspecified atom stereocenters. The molecule has 0 amide bonds. The van der Waals surface area contributed by atoms with E-state index in [0.717, 1.165) is 0 Å². The van der Waals surface area contributed by atoms with Crippen molar-refractivity contribution in [3.05, 3.63) is 69.2 Å². The summed E-state index contributed by atoms with van der Waals surface area (Å²) < 4.78 is 11.8. The number of benzene rings is 2. The lowest BCUT2D eigenvalue weighted by atomic mass is 10.1. The van der Waals surface area contributed by atoms with Crippen LogP contribution < -0.4 is 5.56 Å². The van der Waals surface area contributed by atoms with Crippen molar-refractivity contribution in [3.63, 3.8) is 0 Å². The van der Waals surface area contributed by atoms with Crippen molar-refractivity contribution in [1.82, 2.24) is 19.7 Å². The van der Waals surface area contributed by atoms with Crippen molar-refractivity contribution >= 4 is 40.2 Å². The van der Waals surface area contributed by atoms with Gasteiger partial charge >= 0.3 is 5.97 Å². The summed E-state index contributed by atoms with van der Waals surface area (Å²) in [7, 11) is 1.31. The molecule has 0 saturated heterocycles. The predicted molar refractivity (Wildman–Crippen MR) is 126 cm³/mol. The summed E-state index contributed by atoms with van der Waals surface area (Å²) in [6.45, 7) is 4.56. The van der Waals surface area contributed by atoms with E-state index < -0.39 is 5.97 Å². The monoisotopic (exact) mass is 484 g/mol. The largest absolute Gasteiger partial charge is 0.465 e. The van der Waals surface area contributed by atoms with Gasteiger partial charge in [0.2, 0.25) is 0 Å². The molecular weight excluding hydrogens is 464 g/mol. The highest BCUT2D eigenvalue weighted by atomic mass is 35.5. The molecule has 10 heteroatoms. The fourth-order valence-corrected chi connectivity index (χ4v) is 4.34. The van der Waals surface area contributed by atoms with E-state index in [-0.39, 0.29) is 11.5 Å². The van der Waals surface area contributed by atoms with Crippen LogP contribution in [-0.4, -0.2) is 32.8 Å². The van der Waals surface area contributed by atoms with Gasteiger partial charge in [0.05, 0.1) is 39.9 Å². The highest BCUT2D eigenvalue weighted by Gasteiger charge is 2.17. The van der Waals surface area contributed by atoms with E-state index in [0.29, 0.717) is 56.2 Å². The molecule has 0 radical (unpaired) electrons. The van der Waals surface area contributed by atoms with Gasteiger partial charge < -0.3 is 9.26 Å². The number of esters is 1. The summed E-state index contributed by atoms with van der Waals surface area (Å²) in [5.41, 5.74) is 1.24. The molecule has 0 fully saturated rings. The Bertz CT molecular complexity index is 1380. The van der Waals surface area contributed by atoms with Crippen LogP contribution >= 0.6 is 23.4 Å². The van der Waals surface area contributed by atoms with Crippen molar-refractivity contribution in [2.75, 3.05) is 7.11 Å². The Morgan fingerprint density at radius 3 is 2.73 bits per heavy atom. The number of hydrogen-bond acceptors (Lipinski definition) is 8. The second-order valence-electron chi connectivity index (χ2n) is 7.71. The summed E-state index contributed by atoms with van der Waals surface area (Å²) in [6, 6.07) is 12.0. The number of methoxy groups -OCH3 is 1. The van der Waals surface area contributed by atoms with Crippen molar-refractivity contribution in [3.8, 4) is 11.5 Å². The third kappa shape index (κ3) is 4.94. The Morgan fingerprint density at radius 1 is 1.21 bits per heavy atom. The Labute approximate surface area is 198 Å². The molecule has 2 heterocycles. The lowest BCUT2D eigenvalue weighted by Crippen LogP contribution is -2.25. The lowest BCUT2D eigenvalue weighted by Gasteiger charge is -2.14. The molecule has 0 saturated carbocycles. The lowest BCUT2D eigenvalue weighted by molar-refractivity contribution is 0.0601. The number of carbonyl (C=O) groups is 1. The van der Waals surface area contributed by atoms with Crippen molar-refractivity contribution < 1.29 is 14.1 Å². The maximum absolute atomic E-state index is 13.2. The molecule has 0 atom stereocenters. The standard InChI is InChI=1S/C23H21ClN4O4S/c1-13(2)11-28-21(29)16-9-8-14(22(30)31-3)10-18(16)25-23(28)33-12-19-26-20(32-27-19)15-6-4-5-7-17(15)24/h4-10,13H,11-12H2,1-3H3. The molecule has 4 rings (SSSR count). The Hall–Kier alpha value is -3.17. The summed E-state index contributed by atoms with van der Waals surface area (Å²) in [5, 5.41) is 5.49. The third-order valence-electron chi connectivity index (χ3n) is 4.79. The van der Waals surface area contributed by atoms with Gasteiger partial charge in [-0.05, 0) is 36.2 Å². The first kappa shape index (κ1) is 23.0. The number of thioether (sulfide) groups is 1. The number of ether oxygens (including phenoxy) is 1. The van der Waals surface area contributed by atoms with Gasteiger partial charge in [-0.15, -0.1) is 0 Å². The Morgan fingerprint density at radius 2 is 2.00 bits per heavy atom. The van der Waals surface area contributed by atoms with Gasteiger partial charge in [-0.3, -0.25) is 9.36 Å². The molecule has 0 spiro atoms. The fourth-order valence-electron chi connectivity index (χ4n) is 3.27. The van der Waals surface area contributed by atoms with Gasteiger partial charge in [-0.25, -0.2) is 9.78 Å². The average molecular weight is 485 g/mol. The number of carbonyl (C=O) groups excluding carboxylic acids is 1. The predicted octanol–water partition coefficient (Wildman–Crippen LogP) is 4.83. The number of rotatable bonds is 7. The Kier molecular flexibility index (Phi) is 6.80. The molecular formula is C23H21ClN4O4S. The van der Waals surface area contributed by atoms with E-state index in [1.165, 1.54) is 18.9 Å². The zero-order valence-electron chi connectivity index (χ0n) is 18.2. The first-order chi connectivity index (χ1) is 15.9. The highest BCUT2D eigenvalue weighted by Crippen LogP contribution is 2.28. The zero-order chi connectivity index (χ0) is 23.5. The zero-order valence-corrected chi connectivity index (χ0v) is 19.8. The number of nitrogens with zero attached hydrogens (tertiary/aromatic N) is 4. The second kappa shape index (κ2) is 9.76. The van der Waals surface area contributed by atoms with Crippen LogP contribution in [0.3, 0.4) is 0 Å². The van der Waals surface area contributed by atoms with Crippen molar-refractivity contribution in [2.24, 2.45) is 5.92 Å². The van der Waals surface area contributed by atoms with Crippen LogP contribution in [0.5, 0.6) is 0 Å². The van der Waals surface area contributed by atoms with Gasteiger partial charge in [0.1, 0.15) is 0 Å². The van der Waals surface area contributed by atoms with Gasteiger partial charge in [0, 0.05) is 6.54 Å². The SMILES string of the molecule is COC(=O)c1ccc2c(=O)n(CC(C)C)c(SCc3noc(-c4ccccc4Cl)n3)nc2c1. The molecule has 8 nitrogen and oxygen atoms in total. The normalized spacial score (nSPS) is 11.3. The first-order valence-corrected chi connectivity index (χ1v) is 11.6. The minimum atomic E-state index is -0.488. The number of halogens is 1. The van der Waals surface area contributed by atoms with Crippen LogP contribution in [0.2, 0.25) is 5.02 Å². The quantitative estimate of drug-likeness (QED) is 0.209. The molecule has 0 aliphatic heterocycles. The summed E-state index contributed by atoms with van der Waals surface area (Å²) in [6.07, 6.45) is 0. The molecule has 0 N–H and O–H groups in total. The smallest absolute Gasteiger partial charge is 0.337 e. The number of hydrogen-bond donors (Lipinski definition) is 0. The third-order valence-corrected chi connectivity index (χ3v) is 6.09. The van der Waals surface area contributed by atoms with Crippen molar-refractivity contribution in [2.45, 2.75) is 31.3 Å². The Balaban J connectivity index is 1.67. The topological polar surface area (TPSA) is 100 Å². The van der Waals surface area contributed by atoms with Crippen LogP contribution in [0.15, 0.2) is 56.9 Å². The minimum Gasteiger partial charge on any atom is -0.465 e. The van der Waals surface area contributed by atoms with Crippen LogP contribution in [-0.2, 0) is 17.0 Å². The number of fused-ring (bicyclic) bond motifs is 1. The fraction of sp³-hybridized carbons (Fsp3) is 0.261. The molecule has 170 valence electrons. The van der Waals surface area contributed by atoms with Crippen LogP contribution in [0, 0.1) is 5.92 Å².